The van der Waals surface area contributed by atoms with E-state index >= 15 is 0 Å². The third kappa shape index (κ3) is 2.25. The first-order chi connectivity index (χ1) is 7.70. The van der Waals surface area contributed by atoms with Crippen LogP contribution in [0, 0.1) is 6.92 Å². The summed E-state index contributed by atoms with van der Waals surface area (Å²) in [7, 11) is 0. The van der Waals surface area contributed by atoms with E-state index in [9.17, 15) is 4.79 Å². The molecule has 0 atom stereocenters. The van der Waals surface area contributed by atoms with Crippen LogP contribution in [-0.2, 0) is 4.18 Å². The summed E-state index contributed by atoms with van der Waals surface area (Å²) in [4.78, 5) is 15.5. The molecule has 0 saturated heterocycles. The van der Waals surface area contributed by atoms with Crippen LogP contribution in [0.1, 0.15) is 16.1 Å². The Bertz CT molecular complexity index is 505. The number of carbonyl (C=O) groups is 1. The Labute approximate surface area is 103 Å². The molecule has 0 aliphatic heterocycles. The number of hydrogen-bond acceptors (Lipinski definition) is 5. The van der Waals surface area contributed by atoms with Gasteiger partial charge in [0.05, 0.1) is 5.56 Å². The number of thiol groups is 1. The zero-order valence-electron chi connectivity index (χ0n) is 8.51. The summed E-state index contributed by atoms with van der Waals surface area (Å²) >= 11 is 5.05. The van der Waals surface area contributed by atoms with Crippen molar-refractivity contribution in [2.45, 2.75) is 6.92 Å². The third-order valence-electron chi connectivity index (χ3n) is 2.07. The summed E-state index contributed by atoms with van der Waals surface area (Å²) in [5.41, 5.74) is 2.47. The Morgan fingerprint density at radius 1 is 1.38 bits per heavy atom. The molecule has 0 amide bonds. The maximum Gasteiger partial charge on any atom is 0.349 e. The van der Waals surface area contributed by atoms with Crippen LogP contribution in [0.4, 0.5) is 0 Å². The lowest BCUT2D eigenvalue weighted by molar-refractivity contribution is 0.0772. The molecular formula is C11H9NO2S2. The van der Waals surface area contributed by atoms with Crippen LogP contribution >= 0.6 is 24.2 Å². The third-order valence-corrected chi connectivity index (χ3v) is 3.24. The van der Waals surface area contributed by atoms with Crippen LogP contribution in [0.3, 0.4) is 0 Å². The van der Waals surface area contributed by atoms with Gasteiger partial charge in [-0.1, -0.05) is 12.1 Å². The maximum absolute atomic E-state index is 11.2. The fourth-order valence-corrected chi connectivity index (χ4v) is 2.20. The second-order valence-corrected chi connectivity index (χ2v) is 4.29. The summed E-state index contributed by atoms with van der Waals surface area (Å²) in [5.74, 6) is -0.454. The maximum atomic E-state index is 11.2. The molecule has 2 rings (SSSR count). The molecule has 0 aliphatic rings. The first kappa shape index (κ1) is 11.2. The average Bonchev–Trinajstić information content (AvgIpc) is 2.75. The highest BCUT2D eigenvalue weighted by Crippen LogP contribution is 2.23. The van der Waals surface area contributed by atoms with E-state index in [1.807, 2.05) is 24.4 Å². The SMILES string of the molecule is Cc1csc(-c2ccc(C(=O)OS)cc2)n1. The van der Waals surface area contributed by atoms with E-state index in [4.69, 9.17) is 0 Å². The van der Waals surface area contributed by atoms with Crippen molar-refractivity contribution in [2.75, 3.05) is 0 Å². The Kier molecular flexibility index (Phi) is 3.26. The zero-order chi connectivity index (χ0) is 11.5. The van der Waals surface area contributed by atoms with Gasteiger partial charge in [0.15, 0.2) is 0 Å². The summed E-state index contributed by atoms with van der Waals surface area (Å²) < 4.78 is 4.33. The second-order valence-electron chi connectivity index (χ2n) is 3.25. The Morgan fingerprint density at radius 3 is 2.56 bits per heavy atom. The van der Waals surface area contributed by atoms with Crippen molar-refractivity contribution in [3.63, 3.8) is 0 Å². The van der Waals surface area contributed by atoms with Gasteiger partial charge < -0.3 is 4.18 Å². The lowest BCUT2D eigenvalue weighted by Gasteiger charge is -1.99. The van der Waals surface area contributed by atoms with Gasteiger partial charge in [0.1, 0.15) is 5.01 Å². The minimum absolute atomic E-state index is 0.454. The van der Waals surface area contributed by atoms with Gasteiger partial charge in [0.2, 0.25) is 0 Å². The molecule has 0 aliphatic carbocycles. The van der Waals surface area contributed by atoms with E-state index in [0.717, 1.165) is 16.3 Å². The molecular weight excluding hydrogens is 242 g/mol. The highest BCUT2D eigenvalue weighted by molar-refractivity contribution is 7.75. The fraction of sp³-hybridized carbons (Fsp3) is 0.0909. The summed E-state index contributed by atoms with van der Waals surface area (Å²) in [6, 6.07) is 7.09. The average molecular weight is 251 g/mol. The van der Waals surface area contributed by atoms with Crippen LogP contribution in [0.15, 0.2) is 29.6 Å². The van der Waals surface area contributed by atoms with Crippen molar-refractivity contribution in [1.29, 1.82) is 0 Å². The number of aromatic nitrogens is 1. The standard InChI is InChI=1S/C11H9NO2S2/c1-7-6-16-10(12-7)8-2-4-9(5-3-8)11(13)14-15/h2-6,15H,1H3. The molecule has 3 nitrogen and oxygen atoms in total. The first-order valence-corrected chi connectivity index (χ1v) is 5.83. The van der Waals surface area contributed by atoms with Crippen molar-refractivity contribution < 1.29 is 8.98 Å². The molecule has 1 heterocycles. The van der Waals surface area contributed by atoms with Crippen molar-refractivity contribution >= 4 is 30.2 Å². The summed E-state index contributed by atoms with van der Waals surface area (Å²) in [6.45, 7) is 1.95. The van der Waals surface area contributed by atoms with Gasteiger partial charge in [-0.2, -0.15) is 0 Å². The van der Waals surface area contributed by atoms with E-state index in [-0.39, 0.29) is 0 Å². The van der Waals surface area contributed by atoms with Gasteiger partial charge in [0.25, 0.3) is 0 Å². The van der Waals surface area contributed by atoms with E-state index in [0.29, 0.717) is 5.56 Å². The Balaban J connectivity index is 2.29. The highest BCUT2D eigenvalue weighted by Gasteiger charge is 2.07. The topological polar surface area (TPSA) is 39.2 Å². The molecule has 0 spiro atoms. The molecule has 0 N–H and O–H groups in total. The molecule has 0 fully saturated rings. The predicted octanol–water partition coefficient (Wildman–Crippen LogP) is 3.12. The smallest absolute Gasteiger partial charge is 0.349 e. The van der Waals surface area contributed by atoms with E-state index in [2.05, 4.69) is 22.1 Å². The largest absolute Gasteiger partial charge is 0.391 e. The molecule has 1 aromatic carbocycles. The van der Waals surface area contributed by atoms with Gasteiger partial charge in [-0.25, -0.2) is 9.78 Å². The molecule has 16 heavy (non-hydrogen) atoms. The number of aryl methyl sites for hydroxylation is 1. The minimum atomic E-state index is -0.454. The van der Waals surface area contributed by atoms with Gasteiger partial charge in [-0.05, 0) is 19.1 Å². The fourth-order valence-electron chi connectivity index (χ4n) is 1.29. The zero-order valence-corrected chi connectivity index (χ0v) is 10.2. The van der Waals surface area contributed by atoms with Gasteiger partial charge in [0, 0.05) is 29.5 Å². The number of carbonyl (C=O) groups excluding carboxylic acids is 1. The molecule has 5 heteroatoms. The number of benzene rings is 1. The first-order valence-electron chi connectivity index (χ1n) is 4.59. The van der Waals surface area contributed by atoms with Crippen molar-refractivity contribution in [1.82, 2.24) is 4.98 Å². The molecule has 0 radical (unpaired) electrons. The van der Waals surface area contributed by atoms with Crippen LogP contribution in [0.2, 0.25) is 0 Å². The van der Waals surface area contributed by atoms with Crippen LogP contribution in [0.5, 0.6) is 0 Å². The normalized spacial score (nSPS) is 10.1. The van der Waals surface area contributed by atoms with Gasteiger partial charge in [-0.15, -0.1) is 11.3 Å². The van der Waals surface area contributed by atoms with Crippen molar-refractivity contribution in [3.05, 3.63) is 40.9 Å². The molecule has 0 bridgehead atoms. The Hall–Kier alpha value is -1.33. The van der Waals surface area contributed by atoms with Crippen LogP contribution < -0.4 is 0 Å². The molecule has 0 unspecified atom stereocenters. The monoisotopic (exact) mass is 251 g/mol. The molecule has 2 aromatic rings. The highest BCUT2D eigenvalue weighted by atomic mass is 32.1. The number of rotatable bonds is 2. The molecule has 0 saturated carbocycles. The van der Waals surface area contributed by atoms with E-state index in [1.54, 1.807) is 23.5 Å². The minimum Gasteiger partial charge on any atom is -0.391 e. The lowest BCUT2D eigenvalue weighted by atomic mass is 10.1. The molecule has 82 valence electrons. The van der Waals surface area contributed by atoms with Crippen molar-refractivity contribution in [2.24, 2.45) is 0 Å². The number of nitrogens with zero attached hydrogens (tertiary/aromatic N) is 1. The van der Waals surface area contributed by atoms with Gasteiger partial charge >= 0.3 is 5.97 Å². The summed E-state index contributed by atoms with van der Waals surface area (Å²) in [5, 5.41) is 2.94. The summed E-state index contributed by atoms with van der Waals surface area (Å²) in [6.07, 6.45) is 0. The van der Waals surface area contributed by atoms with E-state index < -0.39 is 5.97 Å². The van der Waals surface area contributed by atoms with Crippen LogP contribution in [-0.4, -0.2) is 11.0 Å². The quantitative estimate of drug-likeness (QED) is 0.658. The van der Waals surface area contributed by atoms with Gasteiger partial charge in [-0.3, -0.25) is 0 Å². The van der Waals surface area contributed by atoms with E-state index in [1.165, 1.54) is 0 Å². The number of thiazole rings is 1. The number of hydrogen-bond donors (Lipinski definition) is 1. The Morgan fingerprint density at radius 2 is 2.06 bits per heavy atom. The second kappa shape index (κ2) is 4.67. The lowest BCUT2D eigenvalue weighted by Crippen LogP contribution is -1.97. The molecule has 1 aromatic heterocycles. The van der Waals surface area contributed by atoms with Crippen molar-refractivity contribution in [3.8, 4) is 10.6 Å². The van der Waals surface area contributed by atoms with Crippen LogP contribution in [0.25, 0.3) is 10.6 Å². The predicted molar refractivity (Wildman–Crippen MR) is 66.7 cm³/mol.